The summed E-state index contributed by atoms with van der Waals surface area (Å²) < 4.78 is 26.7. The second kappa shape index (κ2) is 7.51. The minimum absolute atomic E-state index is 0.541. The first kappa shape index (κ1) is 16.6. The molecular weight excluding hydrogens is 302 g/mol. The zero-order chi connectivity index (χ0) is 16.0. The molecule has 0 amide bonds. The Labute approximate surface area is 132 Å². The monoisotopic (exact) mass is 325 g/mol. The molecule has 122 valence electrons. The molecule has 2 rings (SSSR count). The molecule has 1 aromatic rings. The van der Waals surface area contributed by atoms with E-state index in [1.807, 2.05) is 12.1 Å². The van der Waals surface area contributed by atoms with Crippen molar-refractivity contribution in [2.45, 2.75) is 12.8 Å². The summed E-state index contributed by atoms with van der Waals surface area (Å²) in [7, 11) is -1.87. The van der Waals surface area contributed by atoms with Gasteiger partial charge in [0, 0.05) is 31.5 Å². The van der Waals surface area contributed by atoms with Crippen molar-refractivity contribution in [2.75, 3.05) is 31.6 Å². The van der Waals surface area contributed by atoms with Crippen molar-refractivity contribution in [3.8, 4) is 5.75 Å². The molecule has 1 heterocycles. The zero-order valence-corrected chi connectivity index (χ0v) is 13.6. The highest BCUT2D eigenvalue weighted by Gasteiger charge is 2.18. The van der Waals surface area contributed by atoms with Crippen molar-refractivity contribution in [3.05, 3.63) is 35.9 Å². The Balaban J connectivity index is 1.76. The molecule has 22 heavy (non-hydrogen) atoms. The Bertz CT molecular complexity index is 591. The minimum Gasteiger partial charge on any atom is -0.497 e. The molecule has 0 aromatic heterocycles. The van der Waals surface area contributed by atoms with Crippen LogP contribution >= 0.6 is 0 Å². The first-order chi connectivity index (χ1) is 10.5. The van der Waals surface area contributed by atoms with Gasteiger partial charge in [0.05, 0.1) is 12.5 Å². The Morgan fingerprint density at radius 3 is 2.50 bits per heavy atom. The van der Waals surface area contributed by atoms with Gasteiger partial charge >= 0.3 is 0 Å². The number of nitrogens with two attached hydrogens (primary N) is 1. The van der Waals surface area contributed by atoms with Gasteiger partial charge in [-0.2, -0.15) is 0 Å². The van der Waals surface area contributed by atoms with Crippen LogP contribution in [0.4, 0.5) is 5.69 Å². The van der Waals surface area contributed by atoms with Crippen LogP contribution in [0.3, 0.4) is 0 Å². The summed E-state index contributed by atoms with van der Waals surface area (Å²) in [4.78, 5) is 2.36. The molecule has 1 aliphatic rings. The van der Waals surface area contributed by atoms with Gasteiger partial charge in [-0.3, -0.25) is 0 Å². The highest BCUT2D eigenvalue weighted by Crippen LogP contribution is 2.24. The maximum absolute atomic E-state index is 10.8. The van der Waals surface area contributed by atoms with Gasteiger partial charge in [-0.1, -0.05) is 0 Å². The van der Waals surface area contributed by atoms with E-state index >= 15 is 0 Å². The Kier molecular flexibility index (Phi) is 5.68. The number of sulfonamides is 1. The van der Waals surface area contributed by atoms with Gasteiger partial charge in [0.15, 0.2) is 0 Å². The molecule has 1 aromatic carbocycles. The Hall–Kier alpha value is -1.73. The topological polar surface area (TPSA) is 84.7 Å². The summed E-state index contributed by atoms with van der Waals surface area (Å²) in [6, 6.07) is 8.10. The molecule has 6 nitrogen and oxygen atoms in total. The molecular formula is C15H23N3O3S. The second-order valence-corrected chi connectivity index (χ2v) is 6.88. The van der Waals surface area contributed by atoms with Gasteiger partial charge in [-0.05, 0) is 43.0 Å². The van der Waals surface area contributed by atoms with E-state index < -0.39 is 10.0 Å². The van der Waals surface area contributed by atoms with Gasteiger partial charge in [0.2, 0.25) is 10.0 Å². The van der Waals surface area contributed by atoms with Crippen LogP contribution in [-0.4, -0.2) is 35.2 Å². The number of hydrogen-bond donors (Lipinski definition) is 2. The Morgan fingerprint density at radius 2 is 1.95 bits per heavy atom. The van der Waals surface area contributed by atoms with E-state index in [9.17, 15) is 8.42 Å². The van der Waals surface area contributed by atoms with E-state index in [0.29, 0.717) is 5.92 Å². The molecule has 7 heteroatoms. The van der Waals surface area contributed by atoms with E-state index in [2.05, 4.69) is 22.3 Å². The molecule has 3 N–H and O–H groups in total. The van der Waals surface area contributed by atoms with Crippen LogP contribution in [0.2, 0.25) is 0 Å². The number of methoxy groups -OCH3 is 1. The number of rotatable bonds is 6. The third kappa shape index (κ3) is 5.23. The standard InChI is InChI=1S/C15H23N3O3S/c1-21-15-4-2-14(3-5-15)18-9-6-13(7-10-18)12-17-8-11-22(16,19)20/h2-5,8,11,13,17H,6-7,9-10,12H2,1H3,(H2,16,19,20). The van der Waals surface area contributed by atoms with Crippen LogP contribution in [0.5, 0.6) is 5.75 Å². The van der Waals surface area contributed by atoms with Crippen molar-refractivity contribution in [1.29, 1.82) is 0 Å². The van der Waals surface area contributed by atoms with Gasteiger partial charge in [0.25, 0.3) is 0 Å². The highest BCUT2D eigenvalue weighted by atomic mass is 32.2. The number of anilines is 1. The second-order valence-electron chi connectivity index (χ2n) is 5.43. The third-order valence-electron chi connectivity index (χ3n) is 3.83. The first-order valence-electron chi connectivity index (χ1n) is 7.29. The average Bonchev–Trinajstić information content (AvgIpc) is 2.51. The first-order valence-corrected chi connectivity index (χ1v) is 8.90. The number of primary sulfonamides is 1. The van der Waals surface area contributed by atoms with Crippen molar-refractivity contribution < 1.29 is 13.2 Å². The fraction of sp³-hybridized carbons (Fsp3) is 0.467. The molecule has 0 aliphatic carbocycles. The summed E-state index contributed by atoms with van der Waals surface area (Å²) in [5.41, 5.74) is 1.21. The number of benzene rings is 1. The summed E-state index contributed by atoms with van der Waals surface area (Å²) in [5, 5.41) is 8.88. The van der Waals surface area contributed by atoms with Crippen LogP contribution in [0.25, 0.3) is 0 Å². The van der Waals surface area contributed by atoms with E-state index in [4.69, 9.17) is 9.88 Å². The fourth-order valence-electron chi connectivity index (χ4n) is 2.57. The molecule has 1 fully saturated rings. The molecule has 0 radical (unpaired) electrons. The molecule has 0 bridgehead atoms. The van der Waals surface area contributed by atoms with E-state index in [1.165, 1.54) is 11.9 Å². The van der Waals surface area contributed by atoms with E-state index in [0.717, 1.165) is 43.6 Å². The fourth-order valence-corrected chi connectivity index (χ4v) is 2.85. The van der Waals surface area contributed by atoms with Crippen LogP contribution in [0, 0.1) is 5.92 Å². The summed E-state index contributed by atoms with van der Waals surface area (Å²) >= 11 is 0. The molecule has 0 saturated carbocycles. The molecule has 1 saturated heterocycles. The number of nitrogens with zero attached hydrogens (tertiary/aromatic N) is 1. The van der Waals surface area contributed by atoms with Crippen molar-refractivity contribution in [2.24, 2.45) is 11.1 Å². The molecule has 0 atom stereocenters. The SMILES string of the molecule is COc1ccc(N2CCC(CNC=CS(N)(=O)=O)CC2)cc1. The van der Waals surface area contributed by atoms with Crippen molar-refractivity contribution in [3.63, 3.8) is 0 Å². The van der Waals surface area contributed by atoms with Gasteiger partial charge in [0.1, 0.15) is 5.75 Å². The lowest BCUT2D eigenvalue weighted by molar-refractivity contribution is 0.398. The number of piperidine rings is 1. The van der Waals surface area contributed by atoms with E-state index in [1.54, 1.807) is 7.11 Å². The number of hydrogen-bond acceptors (Lipinski definition) is 5. The molecule has 0 unspecified atom stereocenters. The highest BCUT2D eigenvalue weighted by molar-refractivity contribution is 7.92. The lowest BCUT2D eigenvalue weighted by atomic mass is 9.96. The predicted molar refractivity (Wildman–Crippen MR) is 88.2 cm³/mol. The number of nitrogens with one attached hydrogen (secondary N) is 1. The van der Waals surface area contributed by atoms with Crippen LogP contribution < -0.4 is 20.1 Å². The lowest BCUT2D eigenvalue weighted by Gasteiger charge is -2.33. The summed E-state index contributed by atoms with van der Waals surface area (Å²) in [6.07, 6.45) is 3.55. The average molecular weight is 325 g/mol. The van der Waals surface area contributed by atoms with E-state index in [-0.39, 0.29) is 0 Å². The molecule has 0 spiro atoms. The quantitative estimate of drug-likeness (QED) is 0.822. The zero-order valence-electron chi connectivity index (χ0n) is 12.7. The summed E-state index contributed by atoms with van der Waals surface area (Å²) in [5.74, 6) is 1.41. The maximum atomic E-state index is 10.8. The van der Waals surface area contributed by atoms with Crippen molar-refractivity contribution in [1.82, 2.24) is 5.32 Å². The normalized spacial score (nSPS) is 16.9. The van der Waals surface area contributed by atoms with Gasteiger partial charge in [-0.15, -0.1) is 0 Å². The molecule has 1 aliphatic heterocycles. The predicted octanol–water partition coefficient (Wildman–Crippen LogP) is 1.26. The van der Waals surface area contributed by atoms with Crippen LogP contribution in [0.1, 0.15) is 12.8 Å². The van der Waals surface area contributed by atoms with Crippen LogP contribution in [-0.2, 0) is 10.0 Å². The Morgan fingerprint density at radius 1 is 1.32 bits per heavy atom. The minimum atomic E-state index is -3.54. The third-order valence-corrected chi connectivity index (χ3v) is 4.35. The van der Waals surface area contributed by atoms with Gasteiger partial charge < -0.3 is 15.0 Å². The van der Waals surface area contributed by atoms with Crippen molar-refractivity contribution >= 4 is 15.7 Å². The van der Waals surface area contributed by atoms with Crippen LogP contribution in [0.15, 0.2) is 35.9 Å². The lowest BCUT2D eigenvalue weighted by Crippen LogP contribution is -2.36. The largest absolute Gasteiger partial charge is 0.497 e. The summed E-state index contributed by atoms with van der Waals surface area (Å²) in [6.45, 7) is 2.76. The number of ether oxygens (including phenoxy) is 1. The maximum Gasteiger partial charge on any atom is 0.232 e. The smallest absolute Gasteiger partial charge is 0.232 e. The van der Waals surface area contributed by atoms with Gasteiger partial charge in [-0.25, -0.2) is 13.6 Å².